The van der Waals surface area contributed by atoms with E-state index in [4.69, 9.17) is 5.11 Å². The van der Waals surface area contributed by atoms with E-state index >= 15 is 0 Å². The van der Waals surface area contributed by atoms with E-state index in [2.05, 4.69) is 6.92 Å². The van der Waals surface area contributed by atoms with Crippen LogP contribution in [0.25, 0.3) is 0 Å². The smallest absolute Gasteiger partial charge is 0.307 e. The van der Waals surface area contributed by atoms with Crippen LogP contribution in [0.4, 0.5) is 0 Å². The van der Waals surface area contributed by atoms with Crippen LogP contribution in [-0.2, 0) is 9.59 Å². The van der Waals surface area contributed by atoms with Crippen molar-refractivity contribution in [3.05, 3.63) is 0 Å². The van der Waals surface area contributed by atoms with Gasteiger partial charge in [-0.15, -0.1) is 0 Å². The van der Waals surface area contributed by atoms with Gasteiger partial charge in [-0.25, -0.2) is 0 Å². The Hall–Kier alpha value is -1.06. The number of rotatable bonds is 4. The quantitative estimate of drug-likeness (QED) is 0.839. The molecule has 1 aliphatic rings. The van der Waals surface area contributed by atoms with Gasteiger partial charge in [0.1, 0.15) is 0 Å². The van der Waals surface area contributed by atoms with Crippen molar-refractivity contribution in [1.29, 1.82) is 0 Å². The van der Waals surface area contributed by atoms with Crippen molar-refractivity contribution in [2.24, 2.45) is 17.8 Å². The van der Waals surface area contributed by atoms with Crippen LogP contribution in [0.15, 0.2) is 0 Å². The van der Waals surface area contributed by atoms with Crippen molar-refractivity contribution < 1.29 is 14.7 Å². The van der Waals surface area contributed by atoms with E-state index in [0.29, 0.717) is 5.92 Å². The topological polar surface area (TPSA) is 57.6 Å². The number of hydrogen-bond donors (Lipinski definition) is 1. The Morgan fingerprint density at radius 2 is 1.72 bits per heavy atom. The molecule has 0 spiro atoms. The highest BCUT2D eigenvalue weighted by molar-refractivity contribution is 5.84. The van der Waals surface area contributed by atoms with Gasteiger partial charge in [0.25, 0.3) is 0 Å². The maximum absolute atomic E-state index is 12.3. The van der Waals surface area contributed by atoms with E-state index in [0.717, 1.165) is 19.3 Å². The van der Waals surface area contributed by atoms with Crippen molar-refractivity contribution in [2.45, 2.75) is 52.5 Å². The standard InChI is InChI=1S/C14H25NO3/c1-9-7-5-6-8-12(9)15(4)13(16)10(2)11(3)14(17)18/h9-12H,5-8H2,1-4H3,(H,17,18). The first-order valence-electron chi connectivity index (χ1n) is 6.85. The summed E-state index contributed by atoms with van der Waals surface area (Å²) >= 11 is 0. The van der Waals surface area contributed by atoms with Gasteiger partial charge in [0.15, 0.2) is 0 Å². The molecule has 4 heteroatoms. The number of carboxylic acids is 1. The molecule has 4 nitrogen and oxygen atoms in total. The summed E-state index contributed by atoms with van der Waals surface area (Å²) in [6, 6.07) is 0.273. The third-order valence-electron chi connectivity index (χ3n) is 4.44. The summed E-state index contributed by atoms with van der Waals surface area (Å²) < 4.78 is 0. The molecule has 1 rings (SSSR count). The van der Waals surface area contributed by atoms with Crippen LogP contribution in [-0.4, -0.2) is 35.0 Å². The monoisotopic (exact) mass is 255 g/mol. The molecule has 4 unspecified atom stereocenters. The SMILES string of the molecule is CC1CCCCC1N(C)C(=O)C(C)C(C)C(=O)O. The fraction of sp³-hybridized carbons (Fsp3) is 0.857. The highest BCUT2D eigenvalue weighted by atomic mass is 16.4. The van der Waals surface area contributed by atoms with Crippen molar-refractivity contribution >= 4 is 11.9 Å². The maximum Gasteiger partial charge on any atom is 0.307 e. The second-order valence-corrected chi connectivity index (χ2v) is 5.69. The number of amides is 1. The van der Waals surface area contributed by atoms with Gasteiger partial charge in [-0.1, -0.05) is 33.6 Å². The second kappa shape index (κ2) is 6.21. The van der Waals surface area contributed by atoms with Crippen molar-refractivity contribution in [1.82, 2.24) is 4.90 Å². The predicted octanol–water partition coefficient (Wildman–Crippen LogP) is 2.38. The summed E-state index contributed by atoms with van der Waals surface area (Å²) in [5.74, 6) is -1.51. The molecule has 0 aromatic rings. The third-order valence-corrected chi connectivity index (χ3v) is 4.44. The molecule has 0 heterocycles. The lowest BCUT2D eigenvalue weighted by molar-refractivity contribution is -0.150. The number of carbonyl (C=O) groups excluding carboxylic acids is 1. The molecule has 0 bridgehead atoms. The van der Waals surface area contributed by atoms with Crippen molar-refractivity contribution in [3.63, 3.8) is 0 Å². The zero-order valence-corrected chi connectivity index (χ0v) is 11.8. The van der Waals surface area contributed by atoms with Crippen LogP contribution >= 0.6 is 0 Å². The minimum atomic E-state index is -0.902. The first kappa shape index (κ1) is 15.0. The fourth-order valence-corrected chi connectivity index (χ4v) is 2.78. The molecule has 104 valence electrons. The Labute approximate surface area is 109 Å². The number of carboxylic acid groups (broad SMARTS) is 1. The average molecular weight is 255 g/mol. The van der Waals surface area contributed by atoms with E-state index < -0.39 is 17.8 Å². The summed E-state index contributed by atoms with van der Waals surface area (Å²) in [6.07, 6.45) is 4.60. The van der Waals surface area contributed by atoms with Gasteiger partial charge in [-0.3, -0.25) is 9.59 Å². The van der Waals surface area contributed by atoms with Gasteiger partial charge < -0.3 is 10.0 Å². The van der Waals surface area contributed by atoms with Crippen molar-refractivity contribution in [2.75, 3.05) is 7.05 Å². The summed E-state index contributed by atoms with van der Waals surface area (Å²) in [6.45, 7) is 5.49. The molecule has 0 saturated heterocycles. The molecule has 4 atom stereocenters. The molecule has 1 amide bonds. The van der Waals surface area contributed by atoms with Crippen LogP contribution in [0.5, 0.6) is 0 Å². The Morgan fingerprint density at radius 1 is 1.17 bits per heavy atom. The fourth-order valence-electron chi connectivity index (χ4n) is 2.78. The van der Waals surface area contributed by atoms with Gasteiger partial charge in [-0.05, 0) is 18.8 Å². The lowest BCUT2D eigenvalue weighted by Gasteiger charge is -2.38. The normalized spacial score (nSPS) is 27.3. The Kier molecular flexibility index (Phi) is 5.17. The van der Waals surface area contributed by atoms with E-state index in [1.807, 2.05) is 7.05 Å². The number of nitrogens with zero attached hydrogens (tertiary/aromatic N) is 1. The maximum atomic E-state index is 12.3. The zero-order valence-electron chi connectivity index (χ0n) is 11.8. The lowest BCUT2D eigenvalue weighted by atomic mass is 9.84. The summed E-state index contributed by atoms with van der Waals surface area (Å²) in [4.78, 5) is 25.0. The van der Waals surface area contributed by atoms with Crippen LogP contribution < -0.4 is 0 Å². The van der Waals surface area contributed by atoms with E-state index in [1.165, 1.54) is 6.42 Å². The van der Waals surface area contributed by atoms with Gasteiger partial charge in [0.05, 0.1) is 5.92 Å². The van der Waals surface area contributed by atoms with Crippen LogP contribution in [0, 0.1) is 17.8 Å². The first-order chi connectivity index (χ1) is 8.36. The van der Waals surface area contributed by atoms with E-state index in [1.54, 1.807) is 18.7 Å². The molecule has 0 radical (unpaired) electrons. The molecular formula is C14H25NO3. The highest BCUT2D eigenvalue weighted by Gasteiger charge is 2.33. The Bertz CT molecular complexity index is 316. The van der Waals surface area contributed by atoms with E-state index in [-0.39, 0.29) is 11.9 Å². The molecular weight excluding hydrogens is 230 g/mol. The summed E-state index contributed by atoms with van der Waals surface area (Å²) in [5, 5.41) is 8.97. The molecule has 1 aliphatic carbocycles. The molecule has 1 N–H and O–H groups in total. The molecule has 1 saturated carbocycles. The average Bonchev–Trinajstić information content (AvgIpc) is 2.35. The summed E-state index contributed by atoms with van der Waals surface area (Å²) in [5.41, 5.74) is 0. The zero-order chi connectivity index (χ0) is 13.9. The minimum absolute atomic E-state index is 0.0383. The van der Waals surface area contributed by atoms with Gasteiger partial charge in [-0.2, -0.15) is 0 Å². The largest absolute Gasteiger partial charge is 0.481 e. The number of carbonyl (C=O) groups is 2. The molecule has 0 aliphatic heterocycles. The second-order valence-electron chi connectivity index (χ2n) is 5.69. The highest BCUT2D eigenvalue weighted by Crippen LogP contribution is 2.28. The van der Waals surface area contributed by atoms with Gasteiger partial charge in [0, 0.05) is 19.0 Å². The van der Waals surface area contributed by atoms with Crippen LogP contribution in [0.3, 0.4) is 0 Å². The molecule has 1 fully saturated rings. The van der Waals surface area contributed by atoms with Crippen LogP contribution in [0.1, 0.15) is 46.5 Å². The van der Waals surface area contributed by atoms with Crippen LogP contribution in [0.2, 0.25) is 0 Å². The molecule has 18 heavy (non-hydrogen) atoms. The lowest BCUT2D eigenvalue weighted by Crippen LogP contribution is -2.46. The minimum Gasteiger partial charge on any atom is -0.481 e. The number of hydrogen-bond acceptors (Lipinski definition) is 2. The molecule has 0 aromatic heterocycles. The molecule has 0 aromatic carbocycles. The number of aliphatic carboxylic acids is 1. The Morgan fingerprint density at radius 3 is 2.22 bits per heavy atom. The Balaban J connectivity index is 2.67. The van der Waals surface area contributed by atoms with E-state index in [9.17, 15) is 9.59 Å². The first-order valence-corrected chi connectivity index (χ1v) is 6.85. The third kappa shape index (κ3) is 3.24. The summed E-state index contributed by atoms with van der Waals surface area (Å²) in [7, 11) is 1.82. The van der Waals surface area contributed by atoms with Gasteiger partial charge >= 0.3 is 5.97 Å². The predicted molar refractivity (Wildman–Crippen MR) is 70.2 cm³/mol. The van der Waals surface area contributed by atoms with Gasteiger partial charge in [0.2, 0.25) is 5.91 Å². The van der Waals surface area contributed by atoms with Crippen molar-refractivity contribution in [3.8, 4) is 0 Å².